The van der Waals surface area contributed by atoms with Crippen LogP contribution in [0.3, 0.4) is 0 Å². The molecule has 1 aliphatic heterocycles. The zero-order chi connectivity index (χ0) is 21.6. The van der Waals surface area contributed by atoms with Crippen LogP contribution in [-0.4, -0.2) is 52.2 Å². The molecule has 0 bridgehead atoms. The van der Waals surface area contributed by atoms with E-state index in [1.54, 1.807) is 29.1 Å². The minimum Gasteiger partial charge on any atom is -0.456 e. The number of aryl methyl sites for hydroxylation is 1. The predicted octanol–water partition coefficient (Wildman–Crippen LogP) is 2.67. The fourth-order valence-corrected chi connectivity index (χ4v) is 3.76. The zero-order valence-corrected chi connectivity index (χ0v) is 17.6. The van der Waals surface area contributed by atoms with E-state index < -0.39 is 0 Å². The molecule has 0 radical (unpaired) electrons. The first-order chi connectivity index (χ1) is 15.1. The third-order valence-corrected chi connectivity index (χ3v) is 5.41. The van der Waals surface area contributed by atoms with Crippen LogP contribution < -0.4 is 10.6 Å². The van der Waals surface area contributed by atoms with Crippen molar-refractivity contribution in [2.75, 3.05) is 25.0 Å². The summed E-state index contributed by atoms with van der Waals surface area (Å²) in [5, 5.41) is 10.3. The molecule has 1 aliphatic rings. The molecule has 4 rings (SSSR count). The van der Waals surface area contributed by atoms with E-state index in [1.807, 2.05) is 37.3 Å². The van der Waals surface area contributed by atoms with Crippen molar-refractivity contribution in [3.05, 3.63) is 71.8 Å². The molecule has 3 aromatic rings. The molecular formula is C23H27N5O3. The van der Waals surface area contributed by atoms with Crippen molar-refractivity contribution in [3.8, 4) is 0 Å². The number of carbonyl (C=O) groups is 2. The second-order valence-corrected chi connectivity index (χ2v) is 7.84. The highest BCUT2D eigenvalue weighted by Crippen LogP contribution is 2.14. The Morgan fingerprint density at radius 2 is 1.87 bits per heavy atom. The Kier molecular flexibility index (Phi) is 6.47. The largest absolute Gasteiger partial charge is 0.456 e. The van der Waals surface area contributed by atoms with Gasteiger partial charge >= 0.3 is 0 Å². The number of rotatable bonds is 7. The van der Waals surface area contributed by atoms with Gasteiger partial charge in [-0.25, -0.2) is 4.68 Å². The Bertz CT molecular complexity index is 1020. The number of hydrogen-bond acceptors (Lipinski definition) is 5. The van der Waals surface area contributed by atoms with Crippen molar-refractivity contribution in [2.45, 2.75) is 32.4 Å². The Labute approximate surface area is 181 Å². The molecule has 2 aromatic heterocycles. The van der Waals surface area contributed by atoms with E-state index in [0.29, 0.717) is 24.7 Å². The van der Waals surface area contributed by atoms with Gasteiger partial charge in [-0.2, -0.15) is 5.10 Å². The van der Waals surface area contributed by atoms with Gasteiger partial charge in [0.05, 0.1) is 19.3 Å². The summed E-state index contributed by atoms with van der Waals surface area (Å²) in [7, 11) is 0. The van der Waals surface area contributed by atoms with Crippen molar-refractivity contribution in [2.24, 2.45) is 0 Å². The number of nitrogens with zero attached hydrogens (tertiary/aromatic N) is 3. The maximum Gasteiger partial charge on any atom is 0.287 e. The molecule has 0 unspecified atom stereocenters. The smallest absolute Gasteiger partial charge is 0.287 e. The Morgan fingerprint density at radius 1 is 1.10 bits per heavy atom. The molecule has 2 amide bonds. The summed E-state index contributed by atoms with van der Waals surface area (Å²) in [5.41, 5.74) is 1.12. The highest BCUT2D eigenvalue weighted by Gasteiger charge is 2.23. The molecule has 31 heavy (non-hydrogen) atoms. The summed E-state index contributed by atoms with van der Waals surface area (Å²) >= 11 is 0. The lowest BCUT2D eigenvalue weighted by Crippen LogP contribution is -2.46. The highest BCUT2D eigenvalue weighted by atomic mass is 16.3. The van der Waals surface area contributed by atoms with E-state index in [-0.39, 0.29) is 17.9 Å². The Balaban J connectivity index is 1.23. The molecule has 0 spiro atoms. The third-order valence-electron chi connectivity index (χ3n) is 5.41. The summed E-state index contributed by atoms with van der Waals surface area (Å²) in [6.07, 6.45) is 3.28. The number of piperidine rings is 1. The molecule has 162 valence electrons. The standard InChI is InChI=1S/C23H27N5O3/c1-17-7-8-20(31-17)23(30)25-19-10-13-27(14-11-19)16-22(29)26-21-9-12-24-28(21)15-18-5-3-2-4-6-18/h2-9,12,19H,10-11,13-16H2,1H3,(H,25,30)(H,26,29). The molecule has 2 N–H and O–H groups in total. The summed E-state index contributed by atoms with van der Waals surface area (Å²) < 4.78 is 7.16. The molecular weight excluding hydrogens is 394 g/mol. The summed E-state index contributed by atoms with van der Waals surface area (Å²) in [6, 6.07) is 15.4. The van der Waals surface area contributed by atoms with Crippen LogP contribution in [0.4, 0.5) is 5.82 Å². The summed E-state index contributed by atoms with van der Waals surface area (Å²) in [6.45, 7) is 4.23. The number of hydrogen-bond donors (Lipinski definition) is 2. The van der Waals surface area contributed by atoms with E-state index in [2.05, 4.69) is 20.6 Å². The van der Waals surface area contributed by atoms with E-state index in [1.165, 1.54) is 0 Å². The lowest BCUT2D eigenvalue weighted by atomic mass is 10.0. The second kappa shape index (κ2) is 9.61. The number of carbonyl (C=O) groups excluding carboxylic acids is 2. The minimum atomic E-state index is -0.184. The molecule has 1 aromatic carbocycles. The molecule has 8 nitrogen and oxygen atoms in total. The van der Waals surface area contributed by atoms with E-state index in [4.69, 9.17) is 4.42 Å². The number of furan rings is 1. The zero-order valence-electron chi connectivity index (χ0n) is 17.6. The fraction of sp³-hybridized carbons (Fsp3) is 0.348. The molecule has 1 fully saturated rings. The predicted molar refractivity (Wildman–Crippen MR) is 117 cm³/mol. The molecule has 1 saturated heterocycles. The monoisotopic (exact) mass is 421 g/mol. The number of amides is 2. The van der Waals surface area contributed by atoms with Crippen LogP contribution in [-0.2, 0) is 11.3 Å². The topological polar surface area (TPSA) is 92.4 Å². The first-order valence-electron chi connectivity index (χ1n) is 10.5. The van der Waals surface area contributed by atoms with Gasteiger partial charge in [0, 0.05) is 25.2 Å². The fourth-order valence-electron chi connectivity index (χ4n) is 3.76. The summed E-state index contributed by atoms with van der Waals surface area (Å²) in [5.74, 6) is 1.49. The Hall–Kier alpha value is -3.39. The van der Waals surface area contributed by atoms with E-state index in [0.717, 1.165) is 37.3 Å². The lowest BCUT2D eigenvalue weighted by Gasteiger charge is -2.31. The van der Waals surface area contributed by atoms with Crippen molar-refractivity contribution < 1.29 is 14.0 Å². The summed E-state index contributed by atoms with van der Waals surface area (Å²) in [4.78, 5) is 26.9. The van der Waals surface area contributed by atoms with Gasteiger partial charge in [-0.3, -0.25) is 14.5 Å². The number of benzene rings is 1. The van der Waals surface area contributed by atoms with Crippen molar-refractivity contribution >= 4 is 17.6 Å². The molecule has 0 aliphatic carbocycles. The van der Waals surface area contributed by atoms with Crippen LogP contribution in [0.1, 0.15) is 34.7 Å². The Morgan fingerprint density at radius 3 is 2.58 bits per heavy atom. The molecule has 8 heteroatoms. The molecule has 0 saturated carbocycles. The van der Waals surface area contributed by atoms with Crippen LogP contribution in [0.5, 0.6) is 0 Å². The van der Waals surface area contributed by atoms with Gasteiger partial charge in [0.25, 0.3) is 5.91 Å². The van der Waals surface area contributed by atoms with Gasteiger partial charge in [-0.1, -0.05) is 30.3 Å². The quantitative estimate of drug-likeness (QED) is 0.612. The van der Waals surface area contributed by atoms with Gasteiger partial charge in [-0.15, -0.1) is 0 Å². The van der Waals surface area contributed by atoms with Gasteiger partial charge in [-0.05, 0) is 37.5 Å². The lowest BCUT2D eigenvalue weighted by molar-refractivity contribution is -0.117. The van der Waals surface area contributed by atoms with Crippen LogP contribution in [0.15, 0.2) is 59.1 Å². The average molecular weight is 422 g/mol. The SMILES string of the molecule is Cc1ccc(C(=O)NC2CCN(CC(=O)Nc3ccnn3Cc3ccccc3)CC2)o1. The van der Waals surface area contributed by atoms with Gasteiger partial charge in [0.1, 0.15) is 11.6 Å². The number of nitrogens with one attached hydrogen (secondary N) is 2. The second-order valence-electron chi connectivity index (χ2n) is 7.84. The van der Waals surface area contributed by atoms with Crippen molar-refractivity contribution in [1.29, 1.82) is 0 Å². The first kappa shape index (κ1) is 20.9. The highest BCUT2D eigenvalue weighted by molar-refractivity contribution is 5.92. The first-order valence-corrected chi connectivity index (χ1v) is 10.5. The van der Waals surface area contributed by atoms with Crippen LogP contribution >= 0.6 is 0 Å². The van der Waals surface area contributed by atoms with Crippen LogP contribution in [0.2, 0.25) is 0 Å². The third kappa shape index (κ3) is 5.61. The number of likely N-dealkylation sites (tertiary alicyclic amines) is 1. The van der Waals surface area contributed by atoms with Crippen LogP contribution in [0.25, 0.3) is 0 Å². The van der Waals surface area contributed by atoms with Gasteiger partial charge in [0.15, 0.2) is 5.76 Å². The van der Waals surface area contributed by atoms with Crippen molar-refractivity contribution in [3.63, 3.8) is 0 Å². The average Bonchev–Trinajstić information content (AvgIpc) is 3.39. The van der Waals surface area contributed by atoms with Gasteiger partial charge in [0.2, 0.25) is 5.91 Å². The van der Waals surface area contributed by atoms with E-state index >= 15 is 0 Å². The van der Waals surface area contributed by atoms with Crippen molar-refractivity contribution in [1.82, 2.24) is 20.0 Å². The number of aromatic nitrogens is 2. The maximum atomic E-state index is 12.6. The van der Waals surface area contributed by atoms with E-state index in [9.17, 15) is 9.59 Å². The van der Waals surface area contributed by atoms with Gasteiger partial charge < -0.3 is 15.1 Å². The molecule has 0 atom stereocenters. The maximum absolute atomic E-state index is 12.6. The normalized spacial score (nSPS) is 15.0. The number of anilines is 1. The minimum absolute atomic E-state index is 0.0663. The van der Waals surface area contributed by atoms with Crippen LogP contribution in [0, 0.1) is 6.92 Å². The molecule has 3 heterocycles.